The molecule has 0 amide bonds. The normalized spacial score (nSPS) is 13.9. The van der Waals surface area contributed by atoms with Crippen molar-refractivity contribution in [1.29, 1.82) is 0 Å². The number of alkyl halides is 4. The fourth-order valence-corrected chi connectivity index (χ4v) is 3.91. The molecule has 0 saturated heterocycles. The Morgan fingerprint density at radius 2 is 1.00 bits per heavy atom. The van der Waals surface area contributed by atoms with Gasteiger partial charge in [0.05, 0.1) is 5.28 Å². The number of hydrogen-bond acceptors (Lipinski definition) is 4. The lowest BCUT2D eigenvalue weighted by Crippen LogP contribution is -2.39. The van der Waals surface area contributed by atoms with Gasteiger partial charge in [-0.25, -0.2) is 0 Å². The first-order chi connectivity index (χ1) is 14.8. The number of hydrogen-bond donors (Lipinski definition) is 0. The summed E-state index contributed by atoms with van der Waals surface area (Å²) in [5.74, 6) is -0.198. The van der Waals surface area contributed by atoms with Crippen molar-refractivity contribution in [2.24, 2.45) is 0 Å². The van der Waals surface area contributed by atoms with E-state index >= 15 is 0 Å². The molecule has 0 aliphatic rings. The summed E-state index contributed by atoms with van der Waals surface area (Å²) >= 11 is 25.3. The summed E-state index contributed by atoms with van der Waals surface area (Å²) in [6, 6.07) is 0. The molecule has 184 valence electrons. The Kier molecular flexibility index (Phi) is 21.2. The van der Waals surface area contributed by atoms with Crippen LogP contribution in [0.2, 0.25) is 5.82 Å². The van der Waals surface area contributed by atoms with Crippen LogP contribution in [-0.4, -0.2) is 49.7 Å². The zero-order chi connectivity index (χ0) is 23.5. The summed E-state index contributed by atoms with van der Waals surface area (Å²) in [5, 5.41) is -0.405. The first kappa shape index (κ1) is 32.1. The van der Waals surface area contributed by atoms with E-state index in [1.165, 1.54) is 0 Å². The van der Waals surface area contributed by atoms with E-state index in [4.69, 9.17) is 65.0 Å². The first-order valence-electron chi connectivity index (χ1n) is 12.0. The minimum Gasteiger partial charge on any atom is -0.411 e. The third kappa shape index (κ3) is 18.2. The molecular formula is C21H42B2Cl4O4. The zero-order valence-corrected chi connectivity index (χ0v) is 22.9. The standard InChI is InChI=1S/C21H42B2Cl4O4/c1-5-9-13-28-22(29-14-10-6-2)19(18-21(25,26)27)17-20(24)23(30-15-11-7-3)31-16-12-8-4/h19-20H,5-18H2,1-4H3/t19-,20+/m0/s1. The molecule has 0 aromatic rings. The summed E-state index contributed by atoms with van der Waals surface area (Å²) in [6.07, 6.45) is 8.74. The van der Waals surface area contributed by atoms with Crippen LogP contribution in [0.4, 0.5) is 0 Å². The highest BCUT2D eigenvalue weighted by molar-refractivity contribution is 6.68. The van der Waals surface area contributed by atoms with Gasteiger partial charge in [-0.15, -0.1) is 11.6 Å². The van der Waals surface area contributed by atoms with Crippen molar-refractivity contribution in [1.82, 2.24) is 0 Å². The molecule has 0 aromatic heterocycles. The van der Waals surface area contributed by atoms with E-state index in [0.29, 0.717) is 32.8 Å². The third-order valence-electron chi connectivity index (χ3n) is 4.82. The van der Waals surface area contributed by atoms with Crippen molar-refractivity contribution in [2.75, 3.05) is 26.4 Å². The molecule has 4 nitrogen and oxygen atoms in total. The summed E-state index contributed by atoms with van der Waals surface area (Å²) in [7, 11) is -0.994. The molecule has 0 aliphatic heterocycles. The monoisotopic (exact) mass is 520 g/mol. The second-order valence-corrected chi connectivity index (χ2v) is 11.0. The Balaban J connectivity index is 5.29. The molecule has 0 heterocycles. The molecule has 0 aliphatic carbocycles. The zero-order valence-electron chi connectivity index (χ0n) is 19.9. The van der Waals surface area contributed by atoms with Crippen LogP contribution >= 0.6 is 46.4 Å². The van der Waals surface area contributed by atoms with E-state index in [1.54, 1.807) is 0 Å². The largest absolute Gasteiger partial charge is 0.475 e. The minimum absolute atomic E-state index is 0.198. The van der Waals surface area contributed by atoms with Crippen LogP contribution in [0, 0.1) is 0 Å². The van der Waals surface area contributed by atoms with Crippen LogP contribution < -0.4 is 0 Å². The molecule has 0 bridgehead atoms. The molecule has 0 rings (SSSR count). The predicted molar refractivity (Wildman–Crippen MR) is 138 cm³/mol. The van der Waals surface area contributed by atoms with Gasteiger partial charge in [0.15, 0.2) is 3.79 Å². The molecule has 0 unspecified atom stereocenters. The Hall–Kier alpha value is 1.13. The van der Waals surface area contributed by atoms with E-state index in [0.717, 1.165) is 51.4 Å². The van der Waals surface area contributed by atoms with Gasteiger partial charge < -0.3 is 18.6 Å². The lowest BCUT2D eigenvalue weighted by molar-refractivity contribution is 0.175. The van der Waals surface area contributed by atoms with E-state index < -0.39 is 23.3 Å². The van der Waals surface area contributed by atoms with Crippen molar-refractivity contribution < 1.29 is 18.6 Å². The van der Waals surface area contributed by atoms with Gasteiger partial charge >= 0.3 is 14.2 Å². The molecule has 31 heavy (non-hydrogen) atoms. The van der Waals surface area contributed by atoms with Gasteiger partial charge in [-0.3, -0.25) is 0 Å². The number of halogens is 4. The molecule has 0 spiro atoms. The third-order valence-corrected chi connectivity index (χ3v) is 5.67. The fourth-order valence-electron chi connectivity index (χ4n) is 2.94. The molecule has 0 saturated carbocycles. The van der Waals surface area contributed by atoms with E-state index in [2.05, 4.69) is 27.7 Å². The van der Waals surface area contributed by atoms with Crippen LogP contribution in [0.3, 0.4) is 0 Å². The van der Waals surface area contributed by atoms with Crippen LogP contribution in [0.1, 0.15) is 91.9 Å². The van der Waals surface area contributed by atoms with Crippen molar-refractivity contribution in [3.8, 4) is 0 Å². The van der Waals surface area contributed by atoms with Crippen molar-refractivity contribution >= 4 is 60.6 Å². The second kappa shape index (κ2) is 20.5. The lowest BCUT2D eigenvalue weighted by Gasteiger charge is -2.29. The van der Waals surface area contributed by atoms with Crippen molar-refractivity contribution in [2.45, 2.75) is 107 Å². The van der Waals surface area contributed by atoms with Gasteiger partial charge in [0.1, 0.15) is 0 Å². The van der Waals surface area contributed by atoms with Gasteiger partial charge in [0.2, 0.25) is 0 Å². The Morgan fingerprint density at radius 1 is 0.645 bits per heavy atom. The van der Waals surface area contributed by atoms with Crippen LogP contribution in [0.5, 0.6) is 0 Å². The van der Waals surface area contributed by atoms with Gasteiger partial charge in [-0.05, 0) is 44.3 Å². The maximum absolute atomic E-state index is 6.80. The molecule has 0 fully saturated rings. The van der Waals surface area contributed by atoms with Gasteiger partial charge in [-0.2, -0.15) is 0 Å². The smallest absolute Gasteiger partial charge is 0.411 e. The van der Waals surface area contributed by atoms with Gasteiger partial charge in [0, 0.05) is 26.4 Å². The summed E-state index contributed by atoms with van der Waals surface area (Å²) in [6.45, 7) is 10.9. The van der Waals surface area contributed by atoms with Gasteiger partial charge in [-0.1, -0.05) is 88.2 Å². The van der Waals surface area contributed by atoms with E-state index in [-0.39, 0.29) is 12.2 Å². The van der Waals surface area contributed by atoms with E-state index in [1.807, 2.05) is 0 Å². The Bertz CT molecular complexity index is 386. The predicted octanol–water partition coefficient (Wildman–Crippen LogP) is 7.90. The van der Waals surface area contributed by atoms with Crippen LogP contribution in [0.25, 0.3) is 0 Å². The van der Waals surface area contributed by atoms with Gasteiger partial charge in [0.25, 0.3) is 0 Å². The number of rotatable bonds is 21. The van der Waals surface area contributed by atoms with Crippen molar-refractivity contribution in [3.63, 3.8) is 0 Å². The summed E-state index contributed by atoms with van der Waals surface area (Å²) < 4.78 is 22.7. The average molecular weight is 522 g/mol. The quantitative estimate of drug-likeness (QED) is 0.0874. The van der Waals surface area contributed by atoms with Crippen LogP contribution in [0.15, 0.2) is 0 Å². The van der Waals surface area contributed by atoms with Crippen LogP contribution in [-0.2, 0) is 18.6 Å². The Labute approximate surface area is 211 Å². The molecule has 10 heteroatoms. The van der Waals surface area contributed by atoms with E-state index in [9.17, 15) is 0 Å². The maximum atomic E-state index is 6.80. The maximum Gasteiger partial charge on any atom is 0.475 e. The summed E-state index contributed by atoms with van der Waals surface area (Å²) in [4.78, 5) is 0. The fraction of sp³-hybridized carbons (Fsp3) is 1.00. The number of unbranched alkanes of at least 4 members (excludes halogenated alkanes) is 4. The molecule has 0 N–H and O–H groups in total. The second-order valence-electron chi connectivity index (χ2n) is 7.97. The summed E-state index contributed by atoms with van der Waals surface area (Å²) in [5.41, 5.74) is 0. The SMILES string of the molecule is CCCCOB(OCCCC)[C@@H](C[C@@H](Cl)B(OCCCC)OCCCC)CC(Cl)(Cl)Cl. The molecule has 0 aromatic carbocycles. The highest BCUT2D eigenvalue weighted by Crippen LogP contribution is 2.40. The lowest BCUT2D eigenvalue weighted by atomic mass is 9.63. The first-order valence-corrected chi connectivity index (χ1v) is 13.5. The molecule has 0 radical (unpaired) electrons. The van der Waals surface area contributed by atoms with Crippen molar-refractivity contribution in [3.05, 3.63) is 0 Å². The minimum atomic E-state index is -1.43. The Morgan fingerprint density at radius 3 is 1.32 bits per heavy atom. The average Bonchev–Trinajstić information content (AvgIpc) is 2.70. The molecular weight excluding hydrogens is 480 g/mol. The molecule has 2 atom stereocenters. The highest BCUT2D eigenvalue weighted by Gasteiger charge is 2.41. The highest BCUT2D eigenvalue weighted by atomic mass is 35.6. The topological polar surface area (TPSA) is 36.9 Å².